The van der Waals surface area contributed by atoms with Crippen molar-refractivity contribution in [2.75, 3.05) is 25.1 Å². The van der Waals surface area contributed by atoms with Gasteiger partial charge in [-0.25, -0.2) is 4.98 Å². The molecule has 1 unspecified atom stereocenters. The van der Waals surface area contributed by atoms with Gasteiger partial charge in [0.15, 0.2) is 0 Å². The Bertz CT molecular complexity index is 326. The molecular weight excluding hydrogens is 256 g/mol. The van der Waals surface area contributed by atoms with E-state index in [1.807, 2.05) is 18.2 Å². The lowest BCUT2D eigenvalue weighted by atomic mass is 10.2. The summed E-state index contributed by atoms with van der Waals surface area (Å²) in [5.74, 6) is 0.986. The Hall–Kier alpha value is -0.610. The normalized spacial score (nSPS) is 20.5. The summed E-state index contributed by atoms with van der Waals surface area (Å²) in [6.45, 7) is 1.83. The maximum atomic E-state index is 5.59. The van der Waals surface area contributed by atoms with E-state index in [2.05, 4.69) is 32.9 Å². The number of nitrogens with zero attached hydrogens (tertiary/aromatic N) is 2. The van der Waals surface area contributed by atoms with Gasteiger partial charge in [0.05, 0.1) is 6.10 Å². The van der Waals surface area contributed by atoms with Gasteiger partial charge in [0, 0.05) is 20.2 Å². The number of ether oxygens (including phenoxy) is 1. The summed E-state index contributed by atoms with van der Waals surface area (Å²) in [6.07, 6.45) is 2.72. The third-order valence-corrected chi connectivity index (χ3v) is 3.03. The standard InChI is InChI=1S/C11H15BrN2O/c1-14(8-9-4-3-7-15-9)11-6-2-5-10(12)13-11/h2,5-6,9H,3-4,7-8H2,1H3. The Balaban J connectivity index is 1.97. The molecule has 0 bridgehead atoms. The highest BCUT2D eigenvalue weighted by atomic mass is 79.9. The van der Waals surface area contributed by atoms with Crippen molar-refractivity contribution < 1.29 is 4.74 Å². The van der Waals surface area contributed by atoms with Gasteiger partial charge < -0.3 is 9.64 Å². The van der Waals surface area contributed by atoms with Crippen LogP contribution in [0, 0.1) is 0 Å². The van der Waals surface area contributed by atoms with Crippen LogP contribution in [-0.2, 0) is 4.74 Å². The molecule has 1 aromatic heterocycles. The topological polar surface area (TPSA) is 25.4 Å². The highest BCUT2D eigenvalue weighted by molar-refractivity contribution is 9.10. The summed E-state index contributed by atoms with van der Waals surface area (Å²) in [7, 11) is 2.05. The van der Waals surface area contributed by atoms with Crippen molar-refractivity contribution in [1.82, 2.24) is 4.98 Å². The van der Waals surface area contributed by atoms with Gasteiger partial charge in [-0.2, -0.15) is 0 Å². The van der Waals surface area contributed by atoms with Crippen LogP contribution in [0.5, 0.6) is 0 Å². The Labute approximate surface area is 98.6 Å². The second-order valence-corrected chi connectivity index (χ2v) is 4.65. The largest absolute Gasteiger partial charge is 0.376 e. The second-order valence-electron chi connectivity index (χ2n) is 3.83. The first-order valence-electron chi connectivity index (χ1n) is 5.21. The highest BCUT2D eigenvalue weighted by Crippen LogP contribution is 2.17. The molecule has 1 saturated heterocycles. The van der Waals surface area contributed by atoms with Crippen molar-refractivity contribution in [2.45, 2.75) is 18.9 Å². The number of aromatic nitrogens is 1. The minimum absolute atomic E-state index is 0.371. The van der Waals surface area contributed by atoms with Gasteiger partial charge in [0.1, 0.15) is 10.4 Å². The molecule has 1 aliphatic rings. The second kappa shape index (κ2) is 4.94. The predicted molar refractivity (Wildman–Crippen MR) is 64.2 cm³/mol. The first kappa shape index (κ1) is 10.9. The first-order chi connectivity index (χ1) is 7.25. The molecule has 1 aliphatic heterocycles. The molecule has 1 fully saturated rings. The van der Waals surface area contributed by atoms with Crippen LogP contribution >= 0.6 is 15.9 Å². The van der Waals surface area contributed by atoms with Crippen LogP contribution in [0.4, 0.5) is 5.82 Å². The van der Waals surface area contributed by atoms with Crippen molar-refractivity contribution in [2.24, 2.45) is 0 Å². The van der Waals surface area contributed by atoms with E-state index in [1.54, 1.807) is 0 Å². The molecule has 0 radical (unpaired) electrons. The molecule has 0 N–H and O–H groups in total. The average Bonchev–Trinajstić information content (AvgIpc) is 2.70. The Morgan fingerprint density at radius 1 is 1.60 bits per heavy atom. The lowest BCUT2D eigenvalue weighted by Crippen LogP contribution is -2.29. The molecule has 0 amide bonds. The minimum Gasteiger partial charge on any atom is -0.376 e. The smallest absolute Gasteiger partial charge is 0.129 e. The molecule has 0 aliphatic carbocycles. The molecule has 3 nitrogen and oxygen atoms in total. The quantitative estimate of drug-likeness (QED) is 0.790. The predicted octanol–water partition coefficient (Wildman–Crippen LogP) is 2.46. The molecule has 4 heteroatoms. The number of hydrogen-bond donors (Lipinski definition) is 0. The number of pyridine rings is 1. The Morgan fingerprint density at radius 2 is 2.47 bits per heavy atom. The summed E-state index contributed by atoms with van der Waals surface area (Å²) in [4.78, 5) is 6.54. The van der Waals surface area contributed by atoms with E-state index < -0.39 is 0 Å². The monoisotopic (exact) mass is 270 g/mol. The fraction of sp³-hybridized carbons (Fsp3) is 0.545. The summed E-state index contributed by atoms with van der Waals surface area (Å²) in [5.41, 5.74) is 0. The molecule has 15 heavy (non-hydrogen) atoms. The molecular formula is C11H15BrN2O. The number of likely N-dealkylation sites (N-methyl/N-ethyl adjacent to an activating group) is 1. The van der Waals surface area contributed by atoms with E-state index in [0.717, 1.165) is 23.6 Å². The van der Waals surface area contributed by atoms with E-state index in [1.165, 1.54) is 12.8 Å². The zero-order chi connectivity index (χ0) is 10.7. The van der Waals surface area contributed by atoms with Gasteiger partial charge in [-0.1, -0.05) is 6.07 Å². The maximum Gasteiger partial charge on any atom is 0.129 e. The van der Waals surface area contributed by atoms with Crippen LogP contribution in [0.15, 0.2) is 22.8 Å². The van der Waals surface area contributed by atoms with E-state index in [9.17, 15) is 0 Å². The van der Waals surface area contributed by atoms with Crippen LogP contribution < -0.4 is 4.90 Å². The lowest BCUT2D eigenvalue weighted by Gasteiger charge is -2.21. The van der Waals surface area contributed by atoms with Gasteiger partial charge in [0.2, 0.25) is 0 Å². The van der Waals surface area contributed by atoms with Gasteiger partial charge >= 0.3 is 0 Å². The SMILES string of the molecule is CN(CC1CCCO1)c1cccc(Br)n1. The summed E-state index contributed by atoms with van der Waals surface area (Å²) >= 11 is 3.37. The zero-order valence-corrected chi connectivity index (χ0v) is 10.4. The Kier molecular flexibility index (Phi) is 3.59. The van der Waals surface area contributed by atoms with Gasteiger partial charge in [-0.3, -0.25) is 0 Å². The molecule has 0 saturated carbocycles. The molecule has 2 heterocycles. The molecule has 0 spiro atoms. The number of hydrogen-bond acceptors (Lipinski definition) is 3. The Morgan fingerprint density at radius 3 is 3.13 bits per heavy atom. The van der Waals surface area contributed by atoms with Crippen molar-refractivity contribution in [3.05, 3.63) is 22.8 Å². The van der Waals surface area contributed by atoms with Crippen molar-refractivity contribution in [3.8, 4) is 0 Å². The van der Waals surface area contributed by atoms with Crippen molar-refractivity contribution in [3.63, 3.8) is 0 Å². The summed E-state index contributed by atoms with van der Waals surface area (Å²) in [5, 5.41) is 0. The third kappa shape index (κ3) is 2.92. The number of rotatable bonds is 3. The molecule has 0 aromatic carbocycles. The maximum absolute atomic E-state index is 5.59. The van der Waals surface area contributed by atoms with E-state index in [-0.39, 0.29) is 0 Å². The fourth-order valence-corrected chi connectivity index (χ4v) is 2.13. The van der Waals surface area contributed by atoms with Gasteiger partial charge in [0.25, 0.3) is 0 Å². The third-order valence-electron chi connectivity index (χ3n) is 2.59. The van der Waals surface area contributed by atoms with Crippen LogP contribution in [0.25, 0.3) is 0 Å². The van der Waals surface area contributed by atoms with Crippen LogP contribution in [-0.4, -0.2) is 31.3 Å². The van der Waals surface area contributed by atoms with Gasteiger partial charge in [-0.15, -0.1) is 0 Å². The van der Waals surface area contributed by atoms with Crippen molar-refractivity contribution >= 4 is 21.7 Å². The fourth-order valence-electron chi connectivity index (χ4n) is 1.80. The van der Waals surface area contributed by atoms with Gasteiger partial charge in [-0.05, 0) is 40.9 Å². The first-order valence-corrected chi connectivity index (χ1v) is 6.00. The average molecular weight is 271 g/mol. The van der Waals surface area contributed by atoms with E-state index in [4.69, 9.17) is 4.74 Å². The van der Waals surface area contributed by atoms with E-state index >= 15 is 0 Å². The molecule has 2 rings (SSSR count). The zero-order valence-electron chi connectivity index (χ0n) is 8.82. The number of anilines is 1. The number of halogens is 1. The molecule has 82 valence electrons. The summed E-state index contributed by atoms with van der Waals surface area (Å²) < 4.78 is 6.47. The highest BCUT2D eigenvalue weighted by Gasteiger charge is 2.17. The van der Waals surface area contributed by atoms with Crippen LogP contribution in [0.3, 0.4) is 0 Å². The van der Waals surface area contributed by atoms with E-state index in [0.29, 0.717) is 6.10 Å². The van der Waals surface area contributed by atoms with Crippen LogP contribution in [0.1, 0.15) is 12.8 Å². The van der Waals surface area contributed by atoms with Crippen molar-refractivity contribution in [1.29, 1.82) is 0 Å². The molecule has 1 atom stereocenters. The summed E-state index contributed by atoms with van der Waals surface area (Å²) in [6, 6.07) is 5.95. The molecule has 1 aromatic rings. The lowest BCUT2D eigenvalue weighted by molar-refractivity contribution is 0.116. The van der Waals surface area contributed by atoms with Crippen LogP contribution in [0.2, 0.25) is 0 Å². The minimum atomic E-state index is 0.371.